The van der Waals surface area contributed by atoms with Crippen LogP contribution in [0, 0.1) is 0 Å². The molecule has 0 unspecified atom stereocenters. The SMILES string of the molecule is CCNS(=O)(=O)c1ccc(N)c(NCc2cscn2)c1. The van der Waals surface area contributed by atoms with E-state index in [0.717, 1.165) is 5.69 Å². The number of nitrogens with zero attached hydrogens (tertiary/aromatic N) is 1. The van der Waals surface area contributed by atoms with Gasteiger partial charge in [-0.2, -0.15) is 0 Å². The minimum absolute atomic E-state index is 0.189. The second kappa shape index (κ2) is 6.21. The van der Waals surface area contributed by atoms with Crippen LogP contribution in [-0.2, 0) is 16.6 Å². The van der Waals surface area contributed by atoms with Gasteiger partial charge in [-0.15, -0.1) is 11.3 Å². The van der Waals surface area contributed by atoms with E-state index in [4.69, 9.17) is 5.73 Å². The molecule has 0 aliphatic rings. The zero-order valence-electron chi connectivity index (χ0n) is 11.0. The maximum atomic E-state index is 11.9. The van der Waals surface area contributed by atoms with E-state index in [9.17, 15) is 8.42 Å². The molecule has 0 amide bonds. The molecule has 0 bridgehead atoms. The zero-order chi connectivity index (χ0) is 14.6. The van der Waals surface area contributed by atoms with Crippen LogP contribution >= 0.6 is 11.3 Å². The Bertz CT molecular complexity index is 669. The third-order valence-electron chi connectivity index (χ3n) is 2.61. The number of hydrogen-bond acceptors (Lipinski definition) is 6. The Labute approximate surface area is 122 Å². The molecular formula is C12H16N4O2S2. The Morgan fingerprint density at radius 1 is 1.40 bits per heavy atom. The van der Waals surface area contributed by atoms with Crippen molar-refractivity contribution in [3.8, 4) is 0 Å². The van der Waals surface area contributed by atoms with Gasteiger partial charge in [0.05, 0.1) is 34.0 Å². The monoisotopic (exact) mass is 312 g/mol. The van der Waals surface area contributed by atoms with Crippen LogP contribution in [0.4, 0.5) is 11.4 Å². The third-order valence-corrected chi connectivity index (χ3v) is 4.79. The van der Waals surface area contributed by atoms with Crippen LogP contribution in [0.2, 0.25) is 0 Å². The number of rotatable bonds is 6. The van der Waals surface area contributed by atoms with Crippen molar-refractivity contribution in [1.29, 1.82) is 0 Å². The largest absolute Gasteiger partial charge is 0.397 e. The maximum absolute atomic E-state index is 11.9. The second-order valence-corrected chi connectivity index (χ2v) is 6.57. The van der Waals surface area contributed by atoms with Crippen molar-refractivity contribution in [3.05, 3.63) is 34.8 Å². The third kappa shape index (κ3) is 3.47. The zero-order valence-corrected chi connectivity index (χ0v) is 12.6. The number of aromatic nitrogens is 1. The number of nitrogens with one attached hydrogen (secondary N) is 2. The maximum Gasteiger partial charge on any atom is 0.240 e. The first kappa shape index (κ1) is 14.8. The topological polar surface area (TPSA) is 97.1 Å². The number of nitrogen functional groups attached to an aromatic ring is 1. The van der Waals surface area contributed by atoms with Crippen LogP contribution in [0.25, 0.3) is 0 Å². The van der Waals surface area contributed by atoms with Crippen LogP contribution in [0.1, 0.15) is 12.6 Å². The molecule has 0 aliphatic carbocycles. The minimum Gasteiger partial charge on any atom is -0.397 e. The number of sulfonamides is 1. The van der Waals surface area contributed by atoms with E-state index in [1.165, 1.54) is 23.5 Å². The average Bonchev–Trinajstić information content (AvgIpc) is 2.90. The van der Waals surface area contributed by atoms with E-state index in [1.54, 1.807) is 18.5 Å². The molecule has 20 heavy (non-hydrogen) atoms. The standard InChI is InChI=1S/C12H16N4O2S2/c1-2-16-20(17,18)10-3-4-11(13)12(5-10)14-6-9-7-19-8-15-9/h3-5,7-8,14,16H,2,6,13H2,1H3. The van der Waals surface area contributed by atoms with Gasteiger partial charge in [-0.25, -0.2) is 18.1 Å². The van der Waals surface area contributed by atoms with Crippen LogP contribution in [-0.4, -0.2) is 19.9 Å². The van der Waals surface area contributed by atoms with Crippen molar-refractivity contribution in [2.75, 3.05) is 17.6 Å². The van der Waals surface area contributed by atoms with Gasteiger partial charge in [-0.3, -0.25) is 0 Å². The summed E-state index contributed by atoms with van der Waals surface area (Å²) >= 11 is 1.50. The molecule has 1 aromatic carbocycles. The van der Waals surface area contributed by atoms with Gasteiger partial charge >= 0.3 is 0 Å². The van der Waals surface area contributed by atoms with E-state index in [-0.39, 0.29) is 4.90 Å². The summed E-state index contributed by atoms with van der Waals surface area (Å²) in [5.74, 6) is 0. The smallest absolute Gasteiger partial charge is 0.240 e. The summed E-state index contributed by atoms with van der Waals surface area (Å²) in [5.41, 5.74) is 9.55. The molecule has 0 radical (unpaired) electrons. The van der Waals surface area contributed by atoms with Crippen molar-refractivity contribution in [3.63, 3.8) is 0 Å². The van der Waals surface area contributed by atoms with Gasteiger partial charge in [0, 0.05) is 11.9 Å². The van der Waals surface area contributed by atoms with Crippen LogP contribution in [0.15, 0.2) is 34.0 Å². The molecule has 0 fully saturated rings. The minimum atomic E-state index is -3.48. The summed E-state index contributed by atoms with van der Waals surface area (Å²) in [6.07, 6.45) is 0. The fraction of sp³-hybridized carbons (Fsp3) is 0.250. The molecule has 2 rings (SSSR count). The van der Waals surface area contributed by atoms with E-state index >= 15 is 0 Å². The normalized spacial score (nSPS) is 11.4. The molecule has 108 valence electrons. The summed E-state index contributed by atoms with van der Waals surface area (Å²) < 4.78 is 26.3. The van der Waals surface area contributed by atoms with Crippen LogP contribution < -0.4 is 15.8 Å². The highest BCUT2D eigenvalue weighted by Gasteiger charge is 2.14. The molecule has 1 aromatic heterocycles. The van der Waals surface area contributed by atoms with E-state index in [0.29, 0.717) is 24.5 Å². The summed E-state index contributed by atoms with van der Waals surface area (Å²) in [7, 11) is -3.48. The molecule has 0 atom stereocenters. The molecule has 2 aromatic rings. The lowest BCUT2D eigenvalue weighted by molar-refractivity contribution is 0.584. The lowest BCUT2D eigenvalue weighted by Gasteiger charge is -2.11. The fourth-order valence-corrected chi connectivity index (χ4v) is 3.26. The van der Waals surface area contributed by atoms with Crippen LogP contribution in [0.3, 0.4) is 0 Å². The predicted molar refractivity (Wildman–Crippen MR) is 81.2 cm³/mol. The number of hydrogen-bond donors (Lipinski definition) is 3. The lowest BCUT2D eigenvalue weighted by Crippen LogP contribution is -2.23. The molecule has 0 aliphatic heterocycles. The first-order chi connectivity index (χ1) is 9.53. The highest BCUT2D eigenvalue weighted by molar-refractivity contribution is 7.89. The van der Waals surface area contributed by atoms with E-state index in [1.807, 2.05) is 5.38 Å². The Balaban J connectivity index is 2.20. The Morgan fingerprint density at radius 3 is 2.85 bits per heavy atom. The molecule has 4 N–H and O–H groups in total. The number of benzene rings is 1. The molecule has 6 nitrogen and oxygen atoms in total. The van der Waals surface area contributed by atoms with E-state index in [2.05, 4.69) is 15.0 Å². The van der Waals surface area contributed by atoms with Crippen molar-refractivity contribution < 1.29 is 8.42 Å². The molecule has 0 spiro atoms. The van der Waals surface area contributed by atoms with E-state index < -0.39 is 10.0 Å². The average molecular weight is 312 g/mol. The summed E-state index contributed by atoms with van der Waals surface area (Å²) in [4.78, 5) is 4.34. The van der Waals surface area contributed by atoms with Gasteiger partial charge in [0.2, 0.25) is 10.0 Å². The molecule has 1 heterocycles. The highest BCUT2D eigenvalue weighted by atomic mass is 32.2. The summed E-state index contributed by atoms with van der Waals surface area (Å²) in [6.45, 7) is 2.57. The second-order valence-electron chi connectivity index (χ2n) is 4.08. The van der Waals surface area contributed by atoms with Gasteiger partial charge in [0.1, 0.15) is 0 Å². The van der Waals surface area contributed by atoms with Gasteiger partial charge in [-0.1, -0.05) is 6.92 Å². The van der Waals surface area contributed by atoms with Crippen molar-refractivity contribution in [1.82, 2.24) is 9.71 Å². The highest BCUT2D eigenvalue weighted by Crippen LogP contribution is 2.23. The molecule has 0 saturated heterocycles. The van der Waals surface area contributed by atoms with Gasteiger partial charge < -0.3 is 11.1 Å². The summed E-state index contributed by atoms with van der Waals surface area (Å²) in [5, 5.41) is 5.02. The Hall–Kier alpha value is -1.64. The van der Waals surface area contributed by atoms with Gasteiger partial charge in [0.25, 0.3) is 0 Å². The predicted octanol–water partition coefficient (Wildman–Crippen LogP) is 1.64. The van der Waals surface area contributed by atoms with Crippen molar-refractivity contribution in [2.24, 2.45) is 0 Å². The lowest BCUT2D eigenvalue weighted by atomic mass is 10.2. The molecular weight excluding hydrogens is 296 g/mol. The quantitative estimate of drug-likeness (QED) is 0.704. The van der Waals surface area contributed by atoms with Gasteiger partial charge in [0.15, 0.2) is 0 Å². The van der Waals surface area contributed by atoms with Crippen molar-refractivity contribution >= 4 is 32.7 Å². The van der Waals surface area contributed by atoms with Crippen LogP contribution in [0.5, 0.6) is 0 Å². The first-order valence-corrected chi connectivity index (χ1v) is 8.45. The number of anilines is 2. The Kier molecular flexibility index (Phi) is 4.58. The number of nitrogens with two attached hydrogens (primary N) is 1. The van der Waals surface area contributed by atoms with Crippen molar-refractivity contribution in [2.45, 2.75) is 18.4 Å². The van der Waals surface area contributed by atoms with Gasteiger partial charge in [-0.05, 0) is 18.2 Å². The molecule has 0 saturated carbocycles. The molecule has 8 heteroatoms. The number of thiazole rings is 1. The first-order valence-electron chi connectivity index (χ1n) is 6.03. The summed E-state index contributed by atoms with van der Waals surface area (Å²) in [6, 6.07) is 4.59. The Morgan fingerprint density at radius 2 is 2.20 bits per heavy atom. The fourth-order valence-electron chi connectivity index (χ4n) is 1.64.